The highest BCUT2D eigenvalue weighted by Gasteiger charge is 2.06. The fourth-order valence-corrected chi connectivity index (χ4v) is 2.58. The molecule has 0 spiro atoms. The summed E-state index contributed by atoms with van der Waals surface area (Å²) in [6, 6.07) is 14.2. The molecule has 0 heterocycles. The van der Waals surface area contributed by atoms with Crippen LogP contribution in [0.3, 0.4) is 0 Å². The molecule has 0 aliphatic heterocycles. The number of benzene rings is 2. The van der Waals surface area contributed by atoms with Gasteiger partial charge in [0.15, 0.2) is 0 Å². The summed E-state index contributed by atoms with van der Waals surface area (Å²) in [4.78, 5) is 0. The van der Waals surface area contributed by atoms with Crippen LogP contribution >= 0.6 is 0 Å². The highest BCUT2D eigenvalue weighted by molar-refractivity contribution is 5.29. The maximum Gasteiger partial charge on any atom is 0.123 e. The molecule has 0 amide bonds. The van der Waals surface area contributed by atoms with Gasteiger partial charge in [0.1, 0.15) is 5.82 Å². The summed E-state index contributed by atoms with van der Waals surface area (Å²) in [6.45, 7) is 17.3. The molecule has 138 valence electrons. The molecule has 0 saturated carbocycles. The molecule has 0 fully saturated rings. The van der Waals surface area contributed by atoms with Gasteiger partial charge < -0.3 is 0 Å². The van der Waals surface area contributed by atoms with Gasteiger partial charge in [0, 0.05) is 0 Å². The van der Waals surface area contributed by atoms with Crippen LogP contribution < -0.4 is 0 Å². The van der Waals surface area contributed by atoms with Crippen LogP contribution in [0.1, 0.15) is 101 Å². The SMILES string of the molecule is CC(C)c1cc(F)cc(C(C)C)c1.CC(C)c1cccc(C(C)C)c1. The Hall–Kier alpha value is -1.63. The lowest BCUT2D eigenvalue weighted by molar-refractivity contribution is 0.618. The topological polar surface area (TPSA) is 0 Å². The zero-order chi connectivity index (χ0) is 19.1. The first-order chi connectivity index (χ1) is 11.6. The van der Waals surface area contributed by atoms with Crippen molar-refractivity contribution in [3.05, 3.63) is 70.5 Å². The van der Waals surface area contributed by atoms with Crippen molar-refractivity contribution in [2.75, 3.05) is 0 Å². The largest absolute Gasteiger partial charge is 0.207 e. The Kier molecular flexibility index (Phi) is 8.35. The lowest BCUT2D eigenvalue weighted by atomic mass is 9.96. The first-order valence-corrected chi connectivity index (χ1v) is 9.52. The first-order valence-electron chi connectivity index (χ1n) is 9.52. The molecule has 0 radical (unpaired) electrons. The van der Waals surface area contributed by atoms with Crippen molar-refractivity contribution in [2.45, 2.75) is 79.1 Å². The molecule has 2 rings (SSSR count). The Bertz CT molecular complexity index is 601. The highest BCUT2D eigenvalue weighted by atomic mass is 19.1. The molecule has 0 aromatic heterocycles. The fraction of sp³-hybridized carbons (Fsp3) is 0.500. The predicted molar refractivity (Wildman–Crippen MR) is 109 cm³/mol. The molecule has 0 unspecified atom stereocenters. The second-order valence-electron chi connectivity index (χ2n) is 8.11. The smallest absolute Gasteiger partial charge is 0.123 e. The van der Waals surface area contributed by atoms with E-state index in [2.05, 4.69) is 85.7 Å². The zero-order valence-corrected chi connectivity index (χ0v) is 17.2. The summed E-state index contributed by atoms with van der Waals surface area (Å²) < 4.78 is 13.1. The summed E-state index contributed by atoms with van der Waals surface area (Å²) >= 11 is 0. The van der Waals surface area contributed by atoms with Crippen molar-refractivity contribution in [3.63, 3.8) is 0 Å². The number of halogens is 1. The van der Waals surface area contributed by atoms with Crippen LogP contribution in [0.15, 0.2) is 42.5 Å². The first kappa shape index (κ1) is 21.4. The molecule has 0 atom stereocenters. The minimum atomic E-state index is -0.116. The predicted octanol–water partition coefficient (Wildman–Crippen LogP) is 8.01. The van der Waals surface area contributed by atoms with Crippen molar-refractivity contribution in [2.24, 2.45) is 0 Å². The molecule has 0 N–H and O–H groups in total. The van der Waals surface area contributed by atoms with Crippen LogP contribution in [0.2, 0.25) is 0 Å². The van der Waals surface area contributed by atoms with E-state index < -0.39 is 0 Å². The molecule has 0 aliphatic carbocycles. The lowest BCUT2D eigenvalue weighted by Crippen LogP contribution is -1.94. The van der Waals surface area contributed by atoms with Crippen molar-refractivity contribution in [1.82, 2.24) is 0 Å². The van der Waals surface area contributed by atoms with Gasteiger partial charge in [-0.1, -0.05) is 85.7 Å². The second kappa shape index (κ2) is 9.75. The fourth-order valence-electron chi connectivity index (χ4n) is 2.58. The normalized spacial score (nSPS) is 11.2. The standard InChI is InChI=1S/C12H17F.C12H18/c1-8(2)10-5-11(9(3)4)7-12(13)6-10;1-9(2)11-6-5-7-12(8-11)10(3)4/h5-9H,1-4H3;5-10H,1-4H3. The van der Waals surface area contributed by atoms with Gasteiger partial charge in [-0.2, -0.15) is 0 Å². The van der Waals surface area contributed by atoms with E-state index in [9.17, 15) is 4.39 Å². The average molecular weight is 343 g/mol. The molecule has 0 bridgehead atoms. The van der Waals surface area contributed by atoms with Gasteiger partial charge in [0.2, 0.25) is 0 Å². The van der Waals surface area contributed by atoms with E-state index >= 15 is 0 Å². The Labute approximate surface area is 154 Å². The average Bonchev–Trinajstić information content (AvgIpc) is 2.54. The van der Waals surface area contributed by atoms with Crippen LogP contribution in [-0.2, 0) is 0 Å². The summed E-state index contributed by atoms with van der Waals surface area (Å²) in [7, 11) is 0. The van der Waals surface area contributed by atoms with Crippen LogP contribution in [0.5, 0.6) is 0 Å². The molecule has 2 aromatic rings. The number of hydrogen-bond donors (Lipinski definition) is 0. The Morgan fingerprint density at radius 2 is 0.840 bits per heavy atom. The van der Waals surface area contributed by atoms with Crippen molar-refractivity contribution in [3.8, 4) is 0 Å². The van der Waals surface area contributed by atoms with Crippen LogP contribution in [0.25, 0.3) is 0 Å². The van der Waals surface area contributed by atoms with E-state index in [-0.39, 0.29) is 5.82 Å². The molecule has 0 aliphatic rings. The van der Waals surface area contributed by atoms with Gasteiger partial charge in [-0.05, 0) is 58.1 Å². The molecule has 2 aromatic carbocycles. The maximum atomic E-state index is 13.1. The van der Waals surface area contributed by atoms with E-state index in [0.717, 1.165) is 11.1 Å². The second-order valence-corrected chi connectivity index (χ2v) is 8.11. The van der Waals surface area contributed by atoms with E-state index in [1.54, 1.807) is 12.1 Å². The quantitative estimate of drug-likeness (QED) is 0.528. The van der Waals surface area contributed by atoms with Crippen LogP contribution in [0.4, 0.5) is 4.39 Å². The van der Waals surface area contributed by atoms with Crippen molar-refractivity contribution in [1.29, 1.82) is 0 Å². The van der Waals surface area contributed by atoms with Crippen LogP contribution in [-0.4, -0.2) is 0 Å². The van der Waals surface area contributed by atoms with Gasteiger partial charge in [-0.3, -0.25) is 0 Å². The van der Waals surface area contributed by atoms with Gasteiger partial charge in [0.25, 0.3) is 0 Å². The van der Waals surface area contributed by atoms with E-state index in [1.165, 1.54) is 11.1 Å². The van der Waals surface area contributed by atoms with Crippen molar-refractivity contribution >= 4 is 0 Å². The summed E-state index contributed by atoms with van der Waals surface area (Å²) in [5.74, 6) is 1.96. The Morgan fingerprint density at radius 3 is 1.16 bits per heavy atom. The third-order valence-corrected chi connectivity index (χ3v) is 4.52. The van der Waals surface area contributed by atoms with Gasteiger partial charge in [-0.25, -0.2) is 4.39 Å². The van der Waals surface area contributed by atoms with Gasteiger partial charge >= 0.3 is 0 Å². The van der Waals surface area contributed by atoms with E-state index in [1.807, 2.05) is 0 Å². The summed E-state index contributed by atoms with van der Waals surface area (Å²) in [5.41, 5.74) is 5.06. The molecule has 25 heavy (non-hydrogen) atoms. The minimum absolute atomic E-state index is 0.116. The van der Waals surface area contributed by atoms with E-state index in [0.29, 0.717) is 23.7 Å². The van der Waals surface area contributed by atoms with Crippen molar-refractivity contribution < 1.29 is 4.39 Å². The summed E-state index contributed by atoms with van der Waals surface area (Å²) in [5, 5.41) is 0. The lowest BCUT2D eigenvalue weighted by Gasteiger charge is -2.11. The third kappa shape index (κ3) is 7.02. The molecule has 1 heteroatoms. The highest BCUT2D eigenvalue weighted by Crippen LogP contribution is 2.22. The molecular formula is C24H35F. The molecule has 0 nitrogen and oxygen atoms in total. The summed E-state index contributed by atoms with van der Waals surface area (Å²) in [6.07, 6.45) is 0. The van der Waals surface area contributed by atoms with Gasteiger partial charge in [-0.15, -0.1) is 0 Å². The zero-order valence-electron chi connectivity index (χ0n) is 17.2. The Morgan fingerprint density at radius 1 is 0.520 bits per heavy atom. The van der Waals surface area contributed by atoms with Crippen LogP contribution in [0, 0.1) is 5.82 Å². The number of hydrogen-bond acceptors (Lipinski definition) is 0. The monoisotopic (exact) mass is 342 g/mol. The molecule has 0 saturated heterocycles. The third-order valence-electron chi connectivity index (χ3n) is 4.52. The molecular weight excluding hydrogens is 307 g/mol. The Balaban J connectivity index is 0.000000251. The maximum absolute atomic E-state index is 13.1. The minimum Gasteiger partial charge on any atom is -0.207 e. The number of rotatable bonds is 4. The van der Waals surface area contributed by atoms with E-state index in [4.69, 9.17) is 0 Å². The van der Waals surface area contributed by atoms with Gasteiger partial charge in [0.05, 0.1) is 0 Å².